The topological polar surface area (TPSA) is 122 Å². The first-order valence-corrected chi connectivity index (χ1v) is 9.09. The zero-order chi connectivity index (χ0) is 18.9. The predicted octanol–water partition coefficient (Wildman–Crippen LogP) is 0.668. The molecule has 0 fully saturated rings. The van der Waals surface area contributed by atoms with Gasteiger partial charge in [0, 0.05) is 14.1 Å². The lowest BCUT2D eigenvalue weighted by molar-refractivity contribution is 0.0992. The monoisotopic (exact) mass is 385 g/mol. The van der Waals surface area contributed by atoms with E-state index in [2.05, 4.69) is 10.2 Å². The molecule has 9 nitrogen and oxygen atoms in total. The standard InChI is InChI=1S/C14H19N5O4S2/c1-6(2)23-12-16-17-13(25-12)24-7(3)9(20)8-10(15)18(4)14(22)19(5)11(8)21/h6-7H,15H2,1-5H3. The van der Waals surface area contributed by atoms with Crippen LogP contribution in [-0.2, 0) is 14.1 Å². The maximum atomic E-state index is 12.7. The van der Waals surface area contributed by atoms with Crippen molar-refractivity contribution in [1.29, 1.82) is 0 Å². The number of nitrogens with two attached hydrogens (primary N) is 1. The van der Waals surface area contributed by atoms with E-state index in [4.69, 9.17) is 10.5 Å². The van der Waals surface area contributed by atoms with E-state index in [1.165, 1.54) is 25.4 Å². The summed E-state index contributed by atoms with van der Waals surface area (Å²) in [6.07, 6.45) is -0.0294. The van der Waals surface area contributed by atoms with Gasteiger partial charge in [-0.3, -0.25) is 18.7 Å². The average Bonchev–Trinajstić information content (AvgIpc) is 2.97. The Balaban J connectivity index is 2.28. The Morgan fingerprint density at radius 3 is 2.44 bits per heavy atom. The highest BCUT2D eigenvalue weighted by molar-refractivity contribution is 8.02. The van der Waals surface area contributed by atoms with Crippen LogP contribution in [-0.4, -0.2) is 36.5 Å². The van der Waals surface area contributed by atoms with E-state index in [0.717, 1.165) is 20.9 Å². The molecule has 0 amide bonds. The summed E-state index contributed by atoms with van der Waals surface area (Å²) >= 11 is 2.37. The minimum atomic E-state index is -0.709. The molecule has 1 unspecified atom stereocenters. The van der Waals surface area contributed by atoms with Crippen LogP contribution in [0, 0.1) is 0 Å². The maximum absolute atomic E-state index is 12.7. The zero-order valence-corrected chi connectivity index (χ0v) is 16.1. The third-order valence-corrected chi connectivity index (χ3v) is 5.33. The molecule has 25 heavy (non-hydrogen) atoms. The highest BCUT2D eigenvalue weighted by Crippen LogP contribution is 2.31. The van der Waals surface area contributed by atoms with Gasteiger partial charge < -0.3 is 10.5 Å². The number of anilines is 1. The number of nitrogens with zero attached hydrogens (tertiary/aromatic N) is 4. The molecule has 136 valence electrons. The van der Waals surface area contributed by atoms with Crippen molar-refractivity contribution in [3.05, 3.63) is 26.4 Å². The average molecular weight is 385 g/mol. The van der Waals surface area contributed by atoms with Crippen molar-refractivity contribution in [2.45, 2.75) is 36.5 Å². The second-order valence-electron chi connectivity index (χ2n) is 5.59. The molecule has 0 aliphatic rings. The predicted molar refractivity (Wildman–Crippen MR) is 96.7 cm³/mol. The van der Waals surface area contributed by atoms with Crippen LogP contribution in [0.3, 0.4) is 0 Å². The summed E-state index contributed by atoms with van der Waals surface area (Å²) in [6.45, 7) is 5.39. The zero-order valence-electron chi connectivity index (χ0n) is 14.5. The van der Waals surface area contributed by atoms with Crippen molar-refractivity contribution in [2.24, 2.45) is 14.1 Å². The van der Waals surface area contributed by atoms with Crippen LogP contribution in [0.1, 0.15) is 31.1 Å². The number of rotatable bonds is 6. The van der Waals surface area contributed by atoms with Gasteiger partial charge in [-0.15, -0.1) is 5.10 Å². The van der Waals surface area contributed by atoms with Crippen molar-refractivity contribution < 1.29 is 9.53 Å². The molecule has 2 N–H and O–H groups in total. The van der Waals surface area contributed by atoms with E-state index in [0.29, 0.717) is 9.53 Å². The molecular weight excluding hydrogens is 366 g/mol. The number of hydrogen-bond acceptors (Lipinski definition) is 9. The van der Waals surface area contributed by atoms with Gasteiger partial charge in [0.1, 0.15) is 11.4 Å². The Morgan fingerprint density at radius 1 is 1.20 bits per heavy atom. The van der Waals surface area contributed by atoms with E-state index in [9.17, 15) is 14.4 Å². The molecule has 2 aromatic heterocycles. The van der Waals surface area contributed by atoms with Gasteiger partial charge in [0.2, 0.25) is 0 Å². The Morgan fingerprint density at radius 2 is 1.84 bits per heavy atom. The van der Waals surface area contributed by atoms with Crippen LogP contribution in [0.2, 0.25) is 0 Å². The number of nitrogen functional groups attached to an aromatic ring is 1. The van der Waals surface area contributed by atoms with Crippen LogP contribution in [0.5, 0.6) is 5.19 Å². The fourth-order valence-corrected chi connectivity index (χ4v) is 4.00. The third kappa shape index (κ3) is 3.93. The number of ether oxygens (including phenoxy) is 1. The minimum Gasteiger partial charge on any atom is -0.466 e. The summed E-state index contributed by atoms with van der Waals surface area (Å²) in [5, 5.41) is 7.64. The summed E-state index contributed by atoms with van der Waals surface area (Å²) in [5.74, 6) is -0.619. The van der Waals surface area contributed by atoms with Gasteiger partial charge in [0.05, 0.1) is 11.4 Å². The normalized spacial score (nSPS) is 12.4. The fraction of sp³-hybridized carbons (Fsp3) is 0.500. The molecule has 0 aliphatic heterocycles. The molecule has 2 aromatic rings. The molecule has 0 aliphatic carbocycles. The summed E-state index contributed by atoms with van der Waals surface area (Å²) in [5.41, 5.74) is 4.32. The van der Waals surface area contributed by atoms with E-state index in [-0.39, 0.29) is 17.5 Å². The van der Waals surface area contributed by atoms with E-state index in [1.54, 1.807) is 6.92 Å². The van der Waals surface area contributed by atoms with Gasteiger partial charge in [-0.25, -0.2) is 4.79 Å². The highest BCUT2D eigenvalue weighted by atomic mass is 32.2. The van der Waals surface area contributed by atoms with E-state index in [1.807, 2.05) is 13.8 Å². The molecule has 11 heteroatoms. The Hall–Kier alpha value is -2.14. The Kier molecular flexibility index (Phi) is 5.68. The summed E-state index contributed by atoms with van der Waals surface area (Å²) in [4.78, 5) is 36.8. The van der Waals surface area contributed by atoms with Crippen molar-refractivity contribution >= 4 is 34.7 Å². The molecule has 2 heterocycles. The van der Waals surface area contributed by atoms with E-state index < -0.39 is 22.3 Å². The lowest BCUT2D eigenvalue weighted by Gasteiger charge is -2.13. The van der Waals surface area contributed by atoms with Gasteiger partial charge in [-0.1, -0.05) is 16.9 Å². The lowest BCUT2D eigenvalue weighted by atomic mass is 10.1. The highest BCUT2D eigenvalue weighted by Gasteiger charge is 2.26. The first-order valence-electron chi connectivity index (χ1n) is 7.40. The largest absolute Gasteiger partial charge is 0.466 e. The molecule has 0 aromatic carbocycles. The second kappa shape index (κ2) is 7.40. The number of hydrogen-bond donors (Lipinski definition) is 1. The number of carbonyl (C=O) groups excluding carboxylic acids is 1. The van der Waals surface area contributed by atoms with Crippen LogP contribution < -0.4 is 21.7 Å². The second-order valence-corrected chi connectivity index (χ2v) is 8.12. The van der Waals surface area contributed by atoms with Crippen LogP contribution >= 0.6 is 23.1 Å². The van der Waals surface area contributed by atoms with Crippen LogP contribution in [0.25, 0.3) is 0 Å². The number of ketones is 1. The molecule has 0 spiro atoms. The Labute approximate surface area is 151 Å². The van der Waals surface area contributed by atoms with E-state index >= 15 is 0 Å². The Bertz CT molecular complexity index is 915. The number of thioether (sulfide) groups is 1. The van der Waals surface area contributed by atoms with Crippen molar-refractivity contribution in [1.82, 2.24) is 19.3 Å². The summed E-state index contributed by atoms with van der Waals surface area (Å²) in [7, 11) is 2.71. The maximum Gasteiger partial charge on any atom is 0.332 e. The SMILES string of the molecule is CC(C)Oc1nnc(SC(C)C(=O)c2c(N)n(C)c(=O)n(C)c2=O)s1. The molecule has 1 atom stereocenters. The third-order valence-electron chi connectivity index (χ3n) is 3.33. The van der Waals surface area contributed by atoms with Crippen molar-refractivity contribution in [3.63, 3.8) is 0 Å². The number of aromatic nitrogens is 4. The van der Waals surface area contributed by atoms with Crippen molar-refractivity contribution in [2.75, 3.05) is 5.73 Å². The molecule has 0 saturated heterocycles. The van der Waals surface area contributed by atoms with Crippen LogP contribution in [0.15, 0.2) is 13.9 Å². The van der Waals surface area contributed by atoms with Gasteiger partial charge in [-0.2, -0.15) is 0 Å². The summed E-state index contributed by atoms with van der Waals surface area (Å²) in [6, 6.07) is 0. The fourth-order valence-electron chi connectivity index (χ4n) is 1.99. The van der Waals surface area contributed by atoms with Gasteiger partial charge in [0.15, 0.2) is 10.1 Å². The molecule has 0 radical (unpaired) electrons. The number of carbonyl (C=O) groups is 1. The molecule has 2 rings (SSSR count). The number of Topliss-reactive ketones (excluding diaryl/α,β-unsaturated/α-hetero) is 1. The smallest absolute Gasteiger partial charge is 0.332 e. The van der Waals surface area contributed by atoms with Crippen molar-refractivity contribution in [3.8, 4) is 5.19 Å². The molecular formula is C14H19N5O4S2. The molecule has 0 saturated carbocycles. The quantitative estimate of drug-likeness (QED) is 0.569. The lowest BCUT2D eigenvalue weighted by Crippen LogP contribution is -2.42. The minimum absolute atomic E-state index is 0.0294. The first-order chi connectivity index (χ1) is 11.6. The summed E-state index contributed by atoms with van der Waals surface area (Å²) < 4.78 is 7.91. The first kappa shape index (κ1) is 19.2. The van der Waals surface area contributed by atoms with Gasteiger partial charge in [-0.05, 0) is 32.1 Å². The van der Waals surface area contributed by atoms with Gasteiger partial charge >= 0.3 is 5.69 Å². The van der Waals surface area contributed by atoms with Gasteiger partial charge in [0.25, 0.3) is 10.8 Å². The van der Waals surface area contributed by atoms with Crippen LogP contribution in [0.4, 0.5) is 5.82 Å². The molecule has 0 bridgehead atoms.